The van der Waals surface area contributed by atoms with Gasteiger partial charge in [0.2, 0.25) is 10.0 Å². The van der Waals surface area contributed by atoms with Crippen molar-refractivity contribution in [3.63, 3.8) is 0 Å². The van der Waals surface area contributed by atoms with Crippen molar-refractivity contribution in [1.29, 1.82) is 0 Å². The van der Waals surface area contributed by atoms with Crippen LogP contribution in [0.15, 0.2) is 47.4 Å². The highest BCUT2D eigenvalue weighted by Gasteiger charge is 2.30. The lowest BCUT2D eigenvalue weighted by atomic mass is 10.1. The molecule has 6 nitrogen and oxygen atoms in total. The highest BCUT2D eigenvalue weighted by molar-refractivity contribution is 7.89. The number of nitrogens with two attached hydrogens (primary N) is 1. The van der Waals surface area contributed by atoms with E-state index in [0.717, 1.165) is 18.2 Å². The molecule has 0 bridgehead atoms. The van der Waals surface area contributed by atoms with Gasteiger partial charge in [0.15, 0.2) is 0 Å². The molecule has 0 spiro atoms. The zero-order valence-corrected chi connectivity index (χ0v) is 13.7. The van der Waals surface area contributed by atoms with E-state index in [1.807, 2.05) is 0 Å². The molecule has 0 radical (unpaired) electrons. The van der Waals surface area contributed by atoms with Crippen LogP contribution in [0, 0.1) is 0 Å². The summed E-state index contributed by atoms with van der Waals surface area (Å²) in [7, 11) is -2.56. The van der Waals surface area contributed by atoms with Gasteiger partial charge >= 0.3 is 6.18 Å². The van der Waals surface area contributed by atoms with E-state index in [1.54, 1.807) is 0 Å². The van der Waals surface area contributed by atoms with E-state index in [0.29, 0.717) is 0 Å². The van der Waals surface area contributed by atoms with Gasteiger partial charge in [0.25, 0.3) is 5.91 Å². The van der Waals surface area contributed by atoms with E-state index in [4.69, 9.17) is 5.73 Å². The molecule has 1 amide bonds. The monoisotopic (exact) mass is 373 g/mol. The summed E-state index contributed by atoms with van der Waals surface area (Å²) in [6.45, 7) is 0. The van der Waals surface area contributed by atoms with E-state index in [-0.39, 0.29) is 21.8 Å². The lowest BCUT2D eigenvalue weighted by Gasteiger charge is -2.13. The second-order valence-electron chi connectivity index (χ2n) is 4.98. The van der Waals surface area contributed by atoms with Crippen molar-refractivity contribution in [2.45, 2.75) is 11.1 Å². The summed E-state index contributed by atoms with van der Waals surface area (Å²) in [6, 6.07) is 7.77. The summed E-state index contributed by atoms with van der Waals surface area (Å²) < 4.78 is 63.4. The molecule has 0 aliphatic carbocycles. The highest BCUT2D eigenvalue weighted by atomic mass is 32.2. The molecule has 2 aromatic rings. The number of sulfonamides is 1. The third-order valence-electron chi connectivity index (χ3n) is 3.33. The molecule has 0 fully saturated rings. The fourth-order valence-corrected chi connectivity index (χ4v) is 2.78. The topological polar surface area (TPSA) is 101 Å². The van der Waals surface area contributed by atoms with Crippen LogP contribution in [0.25, 0.3) is 0 Å². The first-order valence-corrected chi connectivity index (χ1v) is 8.34. The zero-order valence-electron chi connectivity index (χ0n) is 12.9. The van der Waals surface area contributed by atoms with Gasteiger partial charge in [-0.05, 0) is 49.5 Å². The quantitative estimate of drug-likeness (QED) is 0.749. The number of carbonyl (C=O) groups is 1. The van der Waals surface area contributed by atoms with E-state index in [1.165, 1.54) is 31.3 Å². The molecule has 0 unspecified atom stereocenters. The number of anilines is 2. The van der Waals surface area contributed by atoms with Crippen molar-refractivity contribution in [2.75, 3.05) is 12.4 Å². The first-order chi connectivity index (χ1) is 11.5. The first kappa shape index (κ1) is 18.7. The molecule has 0 aliphatic rings. The van der Waals surface area contributed by atoms with Gasteiger partial charge < -0.3 is 11.1 Å². The maximum Gasteiger partial charge on any atom is 0.416 e. The Labute approximate surface area is 141 Å². The van der Waals surface area contributed by atoms with E-state index >= 15 is 0 Å². The molecule has 4 N–H and O–H groups in total. The van der Waals surface area contributed by atoms with Crippen molar-refractivity contribution < 1.29 is 26.4 Å². The molecular weight excluding hydrogens is 359 g/mol. The number of halogens is 3. The van der Waals surface area contributed by atoms with Crippen molar-refractivity contribution in [1.82, 2.24) is 4.72 Å². The largest absolute Gasteiger partial charge is 0.416 e. The standard InChI is InChI=1S/C15H14F3N3O3S/c1-20-25(23,24)11-6-7-13(12(8-11)14(19)22)21-10-4-2-9(3-5-10)15(16,17)18/h2-8,20-21H,1H3,(H2,19,22). The Morgan fingerprint density at radius 1 is 1.08 bits per heavy atom. The van der Waals surface area contributed by atoms with Crippen LogP contribution in [-0.4, -0.2) is 21.4 Å². The molecule has 0 atom stereocenters. The highest BCUT2D eigenvalue weighted by Crippen LogP contribution is 2.31. The van der Waals surface area contributed by atoms with Crippen LogP contribution in [0.3, 0.4) is 0 Å². The Balaban J connectivity index is 2.38. The van der Waals surface area contributed by atoms with Gasteiger partial charge in [-0.1, -0.05) is 0 Å². The van der Waals surface area contributed by atoms with Gasteiger partial charge in [0, 0.05) is 5.69 Å². The second kappa shape index (κ2) is 6.73. The number of carbonyl (C=O) groups excluding carboxylic acids is 1. The van der Waals surface area contributed by atoms with Crippen LogP contribution in [0.4, 0.5) is 24.5 Å². The predicted octanol–water partition coefficient (Wildman–Crippen LogP) is 2.46. The predicted molar refractivity (Wildman–Crippen MR) is 85.9 cm³/mol. The molecule has 0 aromatic heterocycles. The molecule has 0 aliphatic heterocycles. The van der Waals surface area contributed by atoms with Crippen molar-refractivity contribution >= 4 is 27.3 Å². The lowest BCUT2D eigenvalue weighted by Crippen LogP contribution is -2.20. The SMILES string of the molecule is CNS(=O)(=O)c1ccc(Nc2ccc(C(F)(F)F)cc2)c(C(N)=O)c1. The summed E-state index contributed by atoms with van der Waals surface area (Å²) >= 11 is 0. The Hall–Kier alpha value is -2.59. The molecule has 25 heavy (non-hydrogen) atoms. The van der Waals surface area contributed by atoms with Crippen LogP contribution in [0.5, 0.6) is 0 Å². The molecule has 0 heterocycles. The Morgan fingerprint density at radius 3 is 2.16 bits per heavy atom. The number of rotatable bonds is 5. The number of hydrogen-bond donors (Lipinski definition) is 3. The van der Waals surface area contributed by atoms with Crippen molar-refractivity contribution in [3.8, 4) is 0 Å². The maximum absolute atomic E-state index is 12.6. The van der Waals surface area contributed by atoms with Gasteiger partial charge in [0.05, 0.1) is 21.7 Å². The van der Waals surface area contributed by atoms with Crippen LogP contribution in [0.1, 0.15) is 15.9 Å². The minimum Gasteiger partial charge on any atom is -0.366 e. The first-order valence-electron chi connectivity index (χ1n) is 6.86. The molecule has 0 saturated carbocycles. The number of primary amides is 1. The average Bonchev–Trinajstić information content (AvgIpc) is 2.54. The summed E-state index contributed by atoms with van der Waals surface area (Å²) in [5.41, 5.74) is 4.78. The van der Waals surface area contributed by atoms with Gasteiger partial charge in [0.1, 0.15) is 0 Å². The van der Waals surface area contributed by atoms with Crippen LogP contribution >= 0.6 is 0 Å². The fraction of sp³-hybridized carbons (Fsp3) is 0.133. The van der Waals surface area contributed by atoms with Crippen LogP contribution in [-0.2, 0) is 16.2 Å². The van der Waals surface area contributed by atoms with Gasteiger partial charge in [-0.3, -0.25) is 4.79 Å². The Kier molecular flexibility index (Phi) is 5.04. The summed E-state index contributed by atoms with van der Waals surface area (Å²) in [6.07, 6.45) is -4.46. The summed E-state index contributed by atoms with van der Waals surface area (Å²) in [5, 5.41) is 2.75. The van der Waals surface area contributed by atoms with Gasteiger partial charge in [-0.15, -0.1) is 0 Å². The maximum atomic E-state index is 12.6. The van der Waals surface area contributed by atoms with Gasteiger partial charge in [-0.25, -0.2) is 13.1 Å². The van der Waals surface area contributed by atoms with E-state index in [2.05, 4.69) is 10.0 Å². The number of benzene rings is 2. The summed E-state index contributed by atoms with van der Waals surface area (Å²) in [5.74, 6) is -0.887. The zero-order chi connectivity index (χ0) is 18.8. The molecule has 0 saturated heterocycles. The second-order valence-corrected chi connectivity index (χ2v) is 6.87. The molecule has 134 valence electrons. The van der Waals surface area contributed by atoms with Crippen LogP contribution in [0.2, 0.25) is 0 Å². The lowest BCUT2D eigenvalue weighted by molar-refractivity contribution is -0.137. The van der Waals surface area contributed by atoms with E-state index in [9.17, 15) is 26.4 Å². The van der Waals surface area contributed by atoms with Crippen molar-refractivity contribution in [3.05, 3.63) is 53.6 Å². The van der Waals surface area contributed by atoms with Crippen LogP contribution < -0.4 is 15.8 Å². The molecule has 10 heteroatoms. The Bertz CT molecular complexity index is 894. The average molecular weight is 373 g/mol. The number of amides is 1. The number of alkyl halides is 3. The number of nitrogens with one attached hydrogen (secondary N) is 2. The number of hydrogen-bond acceptors (Lipinski definition) is 4. The van der Waals surface area contributed by atoms with Crippen molar-refractivity contribution in [2.24, 2.45) is 5.73 Å². The molecular formula is C15H14F3N3O3S. The Morgan fingerprint density at radius 2 is 1.68 bits per heavy atom. The molecule has 2 aromatic carbocycles. The van der Waals surface area contributed by atoms with E-state index < -0.39 is 27.7 Å². The normalized spacial score (nSPS) is 12.0. The molecule has 2 rings (SSSR count). The minimum atomic E-state index is -4.46. The van der Waals surface area contributed by atoms with Gasteiger partial charge in [-0.2, -0.15) is 13.2 Å². The summed E-state index contributed by atoms with van der Waals surface area (Å²) in [4.78, 5) is 11.4. The third-order valence-corrected chi connectivity index (χ3v) is 4.74. The smallest absolute Gasteiger partial charge is 0.366 e. The third kappa shape index (κ3) is 4.28. The minimum absolute atomic E-state index is 0.115. The fourth-order valence-electron chi connectivity index (χ4n) is 2.02.